The lowest BCUT2D eigenvalue weighted by Gasteiger charge is -1.92. The maximum Gasteiger partial charge on any atom is 0.272 e. The van der Waals surface area contributed by atoms with Crippen LogP contribution in [0.15, 0.2) is 52.1 Å². The maximum absolute atomic E-state index is 11.9. The first kappa shape index (κ1) is 12.8. The van der Waals surface area contributed by atoms with Crippen molar-refractivity contribution in [3.8, 4) is 0 Å². The lowest BCUT2D eigenvalue weighted by atomic mass is 10.2. The number of aromatic amines is 2. The van der Waals surface area contributed by atoms with Crippen molar-refractivity contribution in [3.63, 3.8) is 0 Å². The molecule has 0 unspecified atom stereocenters. The van der Waals surface area contributed by atoms with Crippen LogP contribution < -0.4 is 21.8 Å². The quantitative estimate of drug-likeness (QED) is 0.806. The topological polar surface area (TPSA) is 65.7 Å². The Balaban J connectivity index is 2.63. The smallest absolute Gasteiger partial charge is 0.272 e. The minimum absolute atomic E-state index is 0.244. The average molecular weight is 254 g/mol. The van der Waals surface area contributed by atoms with E-state index in [1.165, 1.54) is 0 Å². The molecule has 0 bridgehead atoms. The molecule has 4 heteroatoms. The summed E-state index contributed by atoms with van der Waals surface area (Å²) in [5.41, 5.74) is 0.216. The molecule has 0 amide bonds. The number of allylic oxidation sites excluding steroid dienone is 2. The predicted molar refractivity (Wildman–Crippen MR) is 76.2 cm³/mol. The van der Waals surface area contributed by atoms with Gasteiger partial charge in [0, 0.05) is 0 Å². The Morgan fingerprint density at radius 2 is 1.58 bits per heavy atom. The Labute approximate surface area is 109 Å². The fourth-order valence-electron chi connectivity index (χ4n) is 1.62. The molecule has 0 saturated carbocycles. The maximum atomic E-state index is 11.9. The van der Waals surface area contributed by atoms with Gasteiger partial charge in [-0.05, 0) is 24.6 Å². The molecule has 0 atom stereocenters. The van der Waals surface area contributed by atoms with Crippen molar-refractivity contribution in [1.29, 1.82) is 0 Å². The molecule has 19 heavy (non-hydrogen) atoms. The van der Waals surface area contributed by atoms with Gasteiger partial charge in [-0.1, -0.05) is 42.5 Å². The van der Waals surface area contributed by atoms with Crippen molar-refractivity contribution in [2.24, 2.45) is 0 Å². The van der Waals surface area contributed by atoms with Crippen LogP contribution in [-0.4, -0.2) is 9.97 Å². The van der Waals surface area contributed by atoms with Gasteiger partial charge in [0.05, 0.1) is 0 Å². The summed E-state index contributed by atoms with van der Waals surface area (Å²) < 4.78 is 0. The Bertz CT molecular complexity index is 812. The van der Waals surface area contributed by atoms with E-state index >= 15 is 0 Å². The van der Waals surface area contributed by atoms with Crippen LogP contribution in [0.25, 0.3) is 12.2 Å². The van der Waals surface area contributed by atoms with Gasteiger partial charge in [-0.25, -0.2) is 0 Å². The van der Waals surface area contributed by atoms with Crippen LogP contribution in [0.5, 0.6) is 0 Å². The average Bonchev–Trinajstić information content (AvgIpc) is 2.42. The lowest BCUT2D eigenvalue weighted by molar-refractivity contribution is 1.00. The van der Waals surface area contributed by atoms with Crippen LogP contribution in [0.4, 0.5) is 0 Å². The number of hydrogen-bond donors (Lipinski definition) is 2. The van der Waals surface area contributed by atoms with Crippen molar-refractivity contribution < 1.29 is 0 Å². The van der Waals surface area contributed by atoms with Crippen LogP contribution in [0.1, 0.15) is 12.5 Å². The van der Waals surface area contributed by atoms with E-state index in [2.05, 4.69) is 9.97 Å². The van der Waals surface area contributed by atoms with E-state index in [0.29, 0.717) is 0 Å². The fourth-order valence-corrected chi connectivity index (χ4v) is 1.62. The molecule has 1 aromatic carbocycles. The highest BCUT2D eigenvalue weighted by atomic mass is 16.1. The second kappa shape index (κ2) is 5.82. The van der Waals surface area contributed by atoms with Crippen LogP contribution in [0.2, 0.25) is 0 Å². The van der Waals surface area contributed by atoms with Gasteiger partial charge < -0.3 is 9.97 Å². The molecular formula is C15H14N2O2. The van der Waals surface area contributed by atoms with Crippen molar-refractivity contribution in [3.05, 3.63) is 79.5 Å². The molecule has 0 saturated heterocycles. The van der Waals surface area contributed by atoms with Gasteiger partial charge in [0.1, 0.15) is 10.7 Å². The molecule has 1 heterocycles. The Hall–Kier alpha value is -2.62. The van der Waals surface area contributed by atoms with Gasteiger partial charge in [-0.3, -0.25) is 9.59 Å². The first-order valence-electron chi connectivity index (χ1n) is 5.93. The summed E-state index contributed by atoms with van der Waals surface area (Å²) in [5, 5.41) is 0.488. The number of rotatable bonds is 2. The van der Waals surface area contributed by atoms with Crippen LogP contribution in [0.3, 0.4) is 0 Å². The third kappa shape index (κ3) is 3.19. The molecule has 2 aromatic rings. The Morgan fingerprint density at radius 3 is 2.26 bits per heavy atom. The minimum atomic E-state index is -0.320. The van der Waals surface area contributed by atoms with Crippen LogP contribution in [0, 0.1) is 0 Å². The van der Waals surface area contributed by atoms with Crippen molar-refractivity contribution in [1.82, 2.24) is 9.97 Å². The first-order valence-corrected chi connectivity index (χ1v) is 5.93. The zero-order valence-electron chi connectivity index (χ0n) is 10.5. The molecule has 0 aliphatic heterocycles. The van der Waals surface area contributed by atoms with E-state index in [9.17, 15) is 9.59 Å². The molecule has 1 aromatic heterocycles. The van der Waals surface area contributed by atoms with Gasteiger partial charge in [0.15, 0.2) is 0 Å². The standard InChI is InChI=1S/C15H14N2O2/c1-2-3-9-12-14(18)17-13(15(19)16-12)10-11-7-5-4-6-8-11/h2-10H,1H3,(H,16,19)(H,17,18). The largest absolute Gasteiger partial charge is 0.316 e. The van der Waals surface area contributed by atoms with Gasteiger partial charge in [0.25, 0.3) is 11.1 Å². The van der Waals surface area contributed by atoms with E-state index in [4.69, 9.17) is 0 Å². The third-order valence-electron chi connectivity index (χ3n) is 2.55. The lowest BCUT2D eigenvalue weighted by Crippen LogP contribution is -2.46. The molecule has 0 radical (unpaired) electrons. The summed E-state index contributed by atoms with van der Waals surface area (Å²) in [4.78, 5) is 28.8. The summed E-state index contributed by atoms with van der Waals surface area (Å²) in [6.45, 7) is 1.83. The fraction of sp³-hybridized carbons (Fsp3) is 0.0667. The van der Waals surface area contributed by atoms with Gasteiger partial charge in [-0.15, -0.1) is 0 Å². The predicted octanol–water partition coefficient (Wildman–Crippen LogP) is 0.249. The first-order chi connectivity index (χ1) is 9.20. The van der Waals surface area contributed by atoms with Gasteiger partial charge >= 0.3 is 0 Å². The Kier molecular flexibility index (Phi) is 3.93. The van der Waals surface area contributed by atoms with E-state index in [0.717, 1.165) is 5.56 Å². The number of benzene rings is 1. The monoisotopic (exact) mass is 254 g/mol. The highest BCUT2D eigenvalue weighted by Gasteiger charge is 1.94. The SMILES string of the molecule is CC=CC=c1[nH]c(=O)c(=Cc2ccccc2)[nH]c1=O. The molecule has 0 aliphatic carbocycles. The second-order valence-electron chi connectivity index (χ2n) is 3.98. The summed E-state index contributed by atoms with van der Waals surface area (Å²) in [7, 11) is 0. The van der Waals surface area contributed by atoms with E-state index < -0.39 is 0 Å². The molecule has 0 aliphatic rings. The number of aromatic nitrogens is 2. The van der Waals surface area contributed by atoms with Crippen molar-refractivity contribution in [2.45, 2.75) is 6.92 Å². The number of hydrogen-bond acceptors (Lipinski definition) is 2. The summed E-state index contributed by atoms with van der Waals surface area (Å²) in [5.74, 6) is 0. The second-order valence-corrected chi connectivity index (χ2v) is 3.98. The summed E-state index contributed by atoms with van der Waals surface area (Å²) in [6.07, 6.45) is 6.68. The van der Waals surface area contributed by atoms with Gasteiger partial charge in [-0.2, -0.15) is 0 Å². The molecule has 0 spiro atoms. The normalized spacial score (nSPS) is 13.3. The van der Waals surface area contributed by atoms with Crippen LogP contribution in [-0.2, 0) is 0 Å². The van der Waals surface area contributed by atoms with Crippen LogP contribution >= 0.6 is 0 Å². The highest BCUT2D eigenvalue weighted by Crippen LogP contribution is 1.96. The third-order valence-corrected chi connectivity index (χ3v) is 2.55. The number of H-pyrrole nitrogens is 2. The van der Waals surface area contributed by atoms with Crippen molar-refractivity contribution >= 4 is 12.2 Å². The number of nitrogens with one attached hydrogen (secondary N) is 2. The zero-order chi connectivity index (χ0) is 13.7. The Morgan fingerprint density at radius 1 is 0.947 bits per heavy atom. The molecule has 4 nitrogen and oxygen atoms in total. The van der Waals surface area contributed by atoms with Gasteiger partial charge in [0.2, 0.25) is 0 Å². The van der Waals surface area contributed by atoms with Crippen molar-refractivity contribution in [2.75, 3.05) is 0 Å². The molecule has 2 N–H and O–H groups in total. The highest BCUT2D eigenvalue weighted by molar-refractivity contribution is 5.47. The summed E-state index contributed by atoms with van der Waals surface area (Å²) in [6, 6.07) is 9.34. The molecule has 96 valence electrons. The van der Waals surface area contributed by atoms with E-state index in [-0.39, 0.29) is 21.8 Å². The zero-order valence-corrected chi connectivity index (χ0v) is 10.5. The minimum Gasteiger partial charge on any atom is -0.316 e. The molecule has 2 rings (SSSR count). The van der Waals surface area contributed by atoms with E-state index in [1.54, 1.807) is 24.3 Å². The summed E-state index contributed by atoms with van der Waals surface area (Å²) >= 11 is 0. The molecular weight excluding hydrogens is 240 g/mol. The molecule has 0 fully saturated rings. The van der Waals surface area contributed by atoms with E-state index in [1.807, 2.05) is 37.3 Å².